The molecule has 8 heteroatoms. The zero-order chi connectivity index (χ0) is 18.4. The molecule has 1 N–H and O–H groups in total. The zero-order valence-electron chi connectivity index (χ0n) is 14.6. The van der Waals surface area contributed by atoms with Crippen molar-refractivity contribution in [1.82, 2.24) is 10.1 Å². The summed E-state index contributed by atoms with van der Waals surface area (Å²) in [6.45, 7) is 6.86. The predicted octanol–water partition coefficient (Wildman–Crippen LogP) is 2.95. The molecule has 132 valence electrons. The first-order valence-corrected chi connectivity index (χ1v) is 8.05. The Morgan fingerprint density at radius 1 is 1.36 bits per heavy atom. The second-order valence-corrected chi connectivity index (χ2v) is 7.42. The number of rotatable bonds is 5. The monoisotopic (exact) mass is 344 g/mol. The number of benzene rings is 1. The predicted molar refractivity (Wildman–Crippen MR) is 90.8 cm³/mol. The van der Waals surface area contributed by atoms with E-state index in [-0.39, 0.29) is 10.8 Å². The third kappa shape index (κ3) is 2.99. The lowest BCUT2D eigenvalue weighted by molar-refractivity contribution is -0.561. The second-order valence-electron chi connectivity index (χ2n) is 7.42. The highest BCUT2D eigenvalue weighted by Gasteiger charge is 2.38. The van der Waals surface area contributed by atoms with Crippen LogP contribution in [-0.4, -0.2) is 26.5 Å². The van der Waals surface area contributed by atoms with Crippen molar-refractivity contribution in [2.24, 2.45) is 0 Å². The summed E-state index contributed by atoms with van der Waals surface area (Å²) < 4.78 is 5.29. The number of carbonyl (C=O) groups is 1. The van der Waals surface area contributed by atoms with Gasteiger partial charge in [-0.25, -0.2) is 0 Å². The molecule has 1 aromatic heterocycles. The number of hydrogen-bond acceptors (Lipinski definition) is 6. The molecule has 1 aliphatic rings. The minimum atomic E-state index is -1.04. The van der Waals surface area contributed by atoms with Crippen LogP contribution in [0.1, 0.15) is 45.5 Å². The van der Waals surface area contributed by atoms with Gasteiger partial charge in [-0.1, -0.05) is 5.16 Å². The van der Waals surface area contributed by atoms with E-state index in [4.69, 9.17) is 4.52 Å². The zero-order valence-corrected chi connectivity index (χ0v) is 14.6. The highest BCUT2D eigenvalue weighted by molar-refractivity contribution is 6.06. The largest absolute Gasteiger partial charge is 0.334 e. The van der Waals surface area contributed by atoms with E-state index >= 15 is 0 Å². The lowest BCUT2D eigenvalue weighted by Gasteiger charge is -2.15. The van der Waals surface area contributed by atoms with Crippen LogP contribution in [0.5, 0.6) is 0 Å². The van der Waals surface area contributed by atoms with E-state index in [1.54, 1.807) is 19.9 Å². The van der Waals surface area contributed by atoms with Crippen molar-refractivity contribution in [3.8, 4) is 11.5 Å². The molecule has 0 fully saturated rings. The molecular formula is C17H20N4O4. The molecule has 25 heavy (non-hydrogen) atoms. The molecule has 2 heterocycles. The second kappa shape index (κ2) is 5.65. The maximum Gasteiger partial charge on any atom is 0.257 e. The molecule has 8 nitrogen and oxygen atoms in total. The van der Waals surface area contributed by atoms with Crippen molar-refractivity contribution in [3.63, 3.8) is 0 Å². The molecule has 0 saturated carbocycles. The van der Waals surface area contributed by atoms with Gasteiger partial charge in [0.25, 0.3) is 5.89 Å². The molecule has 1 aromatic carbocycles. The number of aryl methyl sites for hydroxylation is 1. The van der Waals surface area contributed by atoms with Crippen LogP contribution in [0.3, 0.4) is 0 Å². The van der Waals surface area contributed by atoms with Crippen LogP contribution in [-0.2, 0) is 16.6 Å². The quantitative estimate of drug-likeness (QED) is 0.659. The van der Waals surface area contributed by atoms with Gasteiger partial charge in [0.1, 0.15) is 0 Å². The molecule has 0 aliphatic carbocycles. The van der Waals surface area contributed by atoms with Crippen LogP contribution in [0, 0.1) is 10.1 Å². The summed E-state index contributed by atoms with van der Waals surface area (Å²) in [7, 11) is 0. The standard InChI is InChI=1S/C17H20N4O4/c1-16(2,21(23)24)8-7-13-19-14(25-20-13)10-5-6-12-11(9-10)17(3,4)15(22)18-12/h5-6,9H,7-8H2,1-4H3,(H,18,22). The van der Waals surface area contributed by atoms with Crippen molar-refractivity contribution >= 4 is 11.6 Å². The third-order valence-corrected chi connectivity index (χ3v) is 4.68. The van der Waals surface area contributed by atoms with Crippen molar-refractivity contribution in [2.45, 2.75) is 51.5 Å². The van der Waals surface area contributed by atoms with Crippen molar-refractivity contribution in [1.29, 1.82) is 0 Å². The van der Waals surface area contributed by atoms with Gasteiger partial charge in [-0.15, -0.1) is 0 Å². The number of carbonyl (C=O) groups excluding carboxylic acids is 1. The molecule has 0 saturated heterocycles. The molecule has 1 aliphatic heterocycles. The number of aromatic nitrogens is 2. The molecule has 2 aromatic rings. The Morgan fingerprint density at radius 2 is 2.08 bits per heavy atom. The minimum absolute atomic E-state index is 0.0483. The third-order valence-electron chi connectivity index (χ3n) is 4.68. The van der Waals surface area contributed by atoms with E-state index in [1.165, 1.54) is 0 Å². The summed E-state index contributed by atoms with van der Waals surface area (Å²) in [5.74, 6) is 0.721. The van der Waals surface area contributed by atoms with Gasteiger partial charge in [0, 0.05) is 42.9 Å². The Balaban J connectivity index is 1.81. The molecule has 0 atom stereocenters. The number of nitro groups is 1. The topological polar surface area (TPSA) is 111 Å². The Hall–Kier alpha value is -2.77. The number of amides is 1. The minimum Gasteiger partial charge on any atom is -0.334 e. The van der Waals surface area contributed by atoms with Crippen LogP contribution in [0.2, 0.25) is 0 Å². The SMILES string of the molecule is CC1(C)C(=O)Nc2ccc(-c3nc(CCC(C)(C)[N+](=O)[O-])no3)cc21. The van der Waals surface area contributed by atoms with Crippen molar-refractivity contribution < 1.29 is 14.2 Å². The maximum absolute atomic E-state index is 12.0. The molecule has 1 amide bonds. The van der Waals surface area contributed by atoms with E-state index in [9.17, 15) is 14.9 Å². The van der Waals surface area contributed by atoms with Crippen LogP contribution >= 0.6 is 0 Å². The first-order chi connectivity index (χ1) is 11.6. The van der Waals surface area contributed by atoms with E-state index in [1.807, 2.05) is 26.0 Å². The average Bonchev–Trinajstić information content (AvgIpc) is 3.09. The first kappa shape index (κ1) is 17.1. The van der Waals surface area contributed by atoms with E-state index in [2.05, 4.69) is 15.5 Å². The van der Waals surface area contributed by atoms with Crippen molar-refractivity contribution in [3.05, 3.63) is 39.7 Å². The summed E-state index contributed by atoms with van der Waals surface area (Å²) >= 11 is 0. The van der Waals surface area contributed by atoms with E-state index < -0.39 is 11.0 Å². The van der Waals surface area contributed by atoms with Gasteiger partial charge in [-0.3, -0.25) is 14.9 Å². The van der Waals surface area contributed by atoms with Crippen LogP contribution in [0.4, 0.5) is 5.69 Å². The summed E-state index contributed by atoms with van der Waals surface area (Å²) in [6, 6.07) is 5.49. The Kier molecular flexibility index (Phi) is 3.85. The fraction of sp³-hybridized carbons (Fsp3) is 0.471. The van der Waals surface area contributed by atoms with Gasteiger partial charge in [-0.2, -0.15) is 4.98 Å². The summed E-state index contributed by atoms with van der Waals surface area (Å²) in [5, 5.41) is 17.7. The highest BCUT2D eigenvalue weighted by atomic mass is 16.6. The van der Waals surface area contributed by atoms with Crippen molar-refractivity contribution in [2.75, 3.05) is 5.32 Å². The van der Waals surface area contributed by atoms with Crippen LogP contribution < -0.4 is 5.32 Å². The molecule has 0 bridgehead atoms. The van der Waals surface area contributed by atoms with E-state index in [0.29, 0.717) is 24.6 Å². The molecule has 0 spiro atoms. The number of nitrogens with zero attached hydrogens (tertiary/aromatic N) is 3. The van der Waals surface area contributed by atoms with Gasteiger partial charge in [0.2, 0.25) is 11.4 Å². The van der Waals surface area contributed by atoms with E-state index in [0.717, 1.165) is 16.8 Å². The number of anilines is 1. The van der Waals surface area contributed by atoms with Gasteiger partial charge >= 0.3 is 0 Å². The Morgan fingerprint density at radius 3 is 2.76 bits per heavy atom. The normalized spacial score (nSPS) is 15.8. The summed E-state index contributed by atoms with van der Waals surface area (Å²) in [4.78, 5) is 27.0. The fourth-order valence-electron chi connectivity index (χ4n) is 2.69. The highest BCUT2D eigenvalue weighted by Crippen LogP contribution is 2.39. The Bertz CT molecular complexity index is 854. The van der Waals surface area contributed by atoms with Crippen LogP contribution in [0.15, 0.2) is 22.7 Å². The van der Waals surface area contributed by atoms with Gasteiger partial charge in [0.05, 0.1) is 5.41 Å². The molecule has 0 radical (unpaired) electrons. The molecule has 3 rings (SSSR count). The van der Waals surface area contributed by atoms with Crippen LogP contribution in [0.25, 0.3) is 11.5 Å². The smallest absolute Gasteiger partial charge is 0.257 e. The lowest BCUT2D eigenvalue weighted by atomic mass is 9.85. The average molecular weight is 344 g/mol. The van der Waals surface area contributed by atoms with Gasteiger partial charge in [-0.05, 0) is 37.6 Å². The van der Waals surface area contributed by atoms with Gasteiger partial charge in [0.15, 0.2) is 5.82 Å². The number of fused-ring (bicyclic) bond motifs is 1. The Labute approximate surface area is 144 Å². The van der Waals surface area contributed by atoms with Gasteiger partial charge < -0.3 is 9.84 Å². The first-order valence-electron chi connectivity index (χ1n) is 8.05. The maximum atomic E-state index is 12.0. The summed E-state index contributed by atoms with van der Waals surface area (Å²) in [5.41, 5.74) is 0.722. The summed E-state index contributed by atoms with van der Waals surface area (Å²) in [6.07, 6.45) is 0.669. The molecular weight excluding hydrogens is 324 g/mol. The number of nitrogens with one attached hydrogen (secondary N) is 1. The fourth-order valence-corrected chi connectivity index (χ4v) is 2.69. The molecule has 0 unspecified atom stereocenters. The number of hydrogen-bond donors (Lipinski definition) is 1. The lowest BCUT2D eigenvalue weighted by Crippen LogP contribution is -2.31.